The van der Waals surface area contributed by atoms with Crippen molar-refractivity contribution in [2.45, 2.75) is 71.6 Å². The second-order valence-electron chi connectivity index (χ2n) is 7.66. The molecule has 2 rings (SSSR count). The molecule has 0 aromatic heterocycles. The zero-order valence-electron chi connectivity index (χ0n) is 15.8. The number of rotatable bonds is 7. The van der Waals surface area contributed by atoms with Crippen LogP contribution >= 0.6 is 0 Å². The molecule has 0 saturated heterocycles. The van der Waals surface area contributed by atoms with Crippen molar-refractivity contribution >= 4 is 0 Å². The third-order valence-corrected chi connectivity index (χ3v) is 4.92. The number of benzene rings is 2. The summed E-state index contributed by atoms with van der Waals surface area (Å²) in [5, 5.41) is 0. The van der Waals surface area contributed by atoms with Gasteiger partial charge in [-0.2, -0.15) is 0 Å². The van der Waals surface area contributed by atoms with Crippen LogP contribution in [-0.2, 0) is 6.42 Å². The molecule has 1 atom stereocenters. The van der Waals surface area contributed by atoms with Gasteiger partial charge in [-0.3, -0.25) is 0 Å². The number of halogens is 1. The summed E-state index contributed by atoms with van der Waals surface area (Å²) >= 11 is 0. The van der Waals surface area contributed by atoms with E-state index in [0.29, 0.717) is 17.8 Å². The van der Waals surface area contributed by atoms with Crippen LogP contribution in [0.3, 0.4) is 0 Å². The average molecular weight is 326 g/mol. The quantitative estimate of drug-likeness (QED) is 0.504. The SMILES string of the molecule is CC(C)c1ccc(C(C)CCCc2cc(F)cc(C(C)C)c2)cc1. The minimum Gasteiger partial charge on any atom is -0.207 e. The topological polar surface area (TPSA) is 0 Å². The van der Waals surface area contributed by atoms with Crippen LogP contribution in [0.2, 0.25) is 0 Å². The van der Waals surface area contributed by atoms with Crippen LogP contribution in [0, 0.1) is 5.82 Å². The van der Waals surface area contributed by atoms with Gasteiger partial charge in [0.05, 0.1) is 0 Å². The molecule has 0 heterocycles. The highest BCUT2D eigenvalue weighted by Crippen LogP contribution is 2.25. The van der Waals surface area contributed by atoms with E-state index in [1.54, 1.807) is 12.1 Å². The van der Waals surface area contributed by atoms with Gasteiger partial charge in [0.25, 0.3) is 0 Å². The van der Waals surface area contributed by atoms with Crippen molar-refractivity contribution in [3.63, 3.8) is 0 Å². The van der Waals surface area contributed by atoms with Gasteiger partial charge in [-0.1, -0.05) is 65.0 Å². The van der Waals surface area contributed by atoms with E-state index in [0.717, 1.165) is 30.4 Å². The molecule has 0 amide bonds. The molecule has 0 aliphatic rings. The molecular formula is C23H31F. The smallest absolute Gasteiger partial charge is 0.123 e. The van der Waals surface area contributed by atoms with Gasteiger partial charge in [-0.05, 0) is 71.4 Å². The Balaban J connectivity index is 1.91. The number of hydrogen-bond acceptors (Lipinski definition) is 0. The van der Waals surface area contributed by atoms with E-state index in [9.17, 15) is 4.39 Å². The highest BCUT2D eigenvalue weighted by atomic mass is 19.1. The second-order valence-corrected chi connectivity index (χ2v) is 7.66. The molecule has 2 aromatic carbocycles. The maximum absolute atomic E-state index is 13.7. The first-order valence-electron chi connectivity index (χ1n) is 9.26. The van der Waals surface area contributed by atoms with Gasteiger partial charge < -0.3 is 0 Å². The van der Waals surface area contributed by atoms with Crippen molar-refractivity contribution in [1.82, 2.24) is 0 Å². The maximum atomic E-state index is 13.7. The molecule has 0 spiro atoms. The van der Waals surface area contributed by atoms with Crippen molar-refractivity contribution < 1.29 is 4.39 Å². The molecule has 2 aromatic rings. The van der Waals surface area contributed by atoms with Crippen molar-refractivity contribution in [3.8, 4) is 0 Å². The first-order valence-corrected chi connectivity index (χ1v) is 9.26. The van der Waals surface area contributed by atoms with Crippen molar-refractivity contribution in [3.05, 3.63) is 70.5 Å². The van der Waals surface area contributed by atoms with E-state index in [2.05, 4.69) is 65.0 Å². The Hall–Kier alpha value is -1.63. The summed E-state index contributed by atoms with van der Waals surface area (Å²) in [6.07, 6.45) is 3.18. The van der Waals surface area contributed by atoms with Crippen LogP contribution in [0.25, 0.3) is 0 Å². The number of hydrogen-bond donors (Lipinski definition) is 0. The van der Waals surface area contributed by atoms with E-state index in [-0.39, 0.29) is 5.82 Å². The summed E-state index contributed by atoms with van der Waals surface area (Å²) in [5.74, 6) is 1.40. The van der Waals surface area contributed by atoms with E-state index >= 15 is 0 Å². The Morgan fingerprint density at radius 1 is 0.750 bits per heavy atom. The van der Waals surface area contributed by atoms with E-state index in [1.807, 2.05) is 0 Å². The molecule has 0 radical (unpaired) electrons. The first-order chi connectivity index (χ1) is 11.4. The molecule has 24 heavy (non-hydrogen) atoms. The maximum Gasteiger partial charge on any atom is 0.123 e. The molecule has 0 N–H and O–H groups in total. The summed E-state index contributed by atoms with van der Waals surface area (Å²) in [5.41, 5.74) is 5.02. The Morgan fingerprint density at radius 2 is 1.33 bits per heavy atom. The highest BCUT2D eigenvalue weighted by Gasteiger charge is 2.08. The summed E-state index contributed by atoms with van der Waals surface area (Å²) in [6.45, 7) is 11.0. The lowest BCUT2D eigenvalue weighted by Crippen LogP contribution is -1.98. The summed E-state index contributed by atoms with van der Waals surface area (Å²) < 4.78 is 13.7. The number of aryl methyl sites for hydroxylation is 1. The Labute approximate surface area is 147 Å². The van der Waals surface area contributed by atoms with Crippen LogP contribution in [0.1, 0.15) is 87.5 Å². The van der Waals surface area contributed by atoms with Gasteiger partial charge >= 0.3 is 0 Å². The summed E-state index contributed by atoms with van der Waals surface area (Å²) in [7, 11) is 0. The average Bonchev–Trinajstić information content (AvgIpc) is 2.54. The van der Waals surface area contributed by atoms with Crippen molar-refractivity contribution in [1.29, 1.82) is 0 Å². The standard InChI is InChI=1S/C23H31F/c1-16(2)20-9-11-21(12-10-20)18(5)7-6-8-19-13-22(17(3)4)15-23(24)14-19/h9-18H,6-8H2,1-5H3. The lowest BCUT2D eigenvalue weighted by molar-refractivity contribution is 0.610. The fourth-order valence-corrected chi connectivity index (χ4v) is 3.14. The molecule has 1 unspecified atom stereocenters. The van der Waals surface area contributed by atoms with Gasteiger partial charge in [-0.15, -0.1) is 0 Å². The summed E-state index contributed by atoms with van der Waals surface area (Å²) in [6, 6.07) is 14.5. The largest absolute Gasteiger partial charge is 0.207 e. The van der Waals surface area contributed by atoms with Gasteiger partial charge in [0.2, 0.25) is 0 Å². The molecular weight excluding hydrogens is 295 g/mol. The molecule has 130 valence electrons. The third-order valence-electron chi connectivity index (χ3n) is 4.92. The molecule has 0 aliphatic carbocycles. The Morgan fingerprint density at radius 3 is 1.92 bits per heavy atom. The van der Waals surface area contributed by atoms with Crippen LogP contribution in [0.4, 0.5) is 4.39 Å². The predicted molar refractivity (Wildman–Crippen MR) is 102 cm³/mol. The first kappa shape index (κ1) is 18.7. The molecule has 0 nitrogen and oxygen atoms in total. The van der Waals surface area contributed by atoms with Gasteiger partial charge in [0, 0.05) is 0 Å². The van der Waals surface area contributed by atoms with Gasteiger partial charge in [-0.25, -0.2) is 4.39 Å². The van der Waals surface area contributed by atoms with E-state index in [4.69, 9.17) is 0 Å². The minimum atomic E-state index is -0.103. The van der Waals surface area contributed by atoms with Gasteiger partial charge in [0.15, 0.2) is 0 Å². The fourth-order valence-electron chi connectivity index (χ4n) is 3.14. The van der Waals surface area contributed by atoms with Crippen molar-refractivity contribution in [2.75, 3.05) is 0 Å². The fraction of sp³-hybridized carbons (Fsp3) is 0.478. The molecule has 1 heteroatoms. The zero-order chi connectivity index (χ0) is 17.7. The van der Waals surface area contributed by atoms with Crippen LogP contribution in [0.5, 0.6) is 0 Å². The predicted octanol–water partition coefficient (Wildman–Crippen LogP) is 7.20. The molecule has 0 aliphatic heterocycles. The van der Waals surface area contributed by atoms with Crippen LogP contribution < -0.4 is 0 Å². The lowest BCUT2D eigenvalue weighted by atomic mass is 9.91. The van der Waals surface area contributed by atoms with Crippen LogP contribution in [-0.4, -0.2) is 0 Å². The highest BCUT2D eigenvalue weighted by molar-refractivity contribution is 5.28. The monoisotopic (exact) mass is 326 g/mol. The Kier molecular flexibility index (Phi) is 6.60. The summed E-state index contributed by atoms with van der Waals surface area (Å²) in [4.78, 5) is 0. The third kappa shape index (κ3) is 5.19. The minimum absolute atomic E-state index is 0.103. The Bertz CT molecular complexity index is 638. The molecule has 0 fully saturated rings. The molecule has 0 saturated carbocycles. The van der Waals surface area contributed by atoms with Gasteiger partial charge in [0.1, 0.15) is 5.82 Å². The lowest BCUT2D eigenvalue weighted by Gasteiger charge is -2.14. The van der Waals surface area contributed by atoms with E-state index < -0.39 is 0 Å². The zero-order valence-corrected chi connectivity index (χ0v) is 15.8. The van der Waals surface area contributed by atoms with Crippen molar-refractivity contribution in [2.24, 2.45) is 0 Å². The molecule has 0 bridgehead atoms. The second kappa shape index (κ2) is 8.46. The normalized spacial score (nSPS) is 12.8. The van der Waals surface area contributed by atoms with Crippen LogP contribution in [0.15, 0.2) is 42.5 Å². The van der Waals surface area contributed by atoms with E-state index in [1.165, 1.54) is 11.1 Å².